The SMILES string of the molecule is CC(C)(C)OC(=O)N1CCN(c2ccc(-c3nc(-c4cccc([N+](=O)[O-])c4)no3)cc2[N+](=O)[O-])CC1. The third-order valence-corrected chi connectivity index (χ3v) is 5.43. The number of rotatable bonds is 5. The molecule has 1 fully saturated rings. The van der Waals surface area contributed by atoms with Crippen molar-refractivity contribution >= 4 is 23.2 Å². The number of nitro benzene ring substituents is 2. The summed E-state index contributed by atoms with van der Waals surface area (Å²) in [5, 5.41) is 26.8. The molecular formula is C23H24N6O7. The van der Waals surface area contributed by atoms with Gasteiger partial charge in [0.15, 0.2) is 0 Å². The Morgan fingerprint density at radius 3 is 2.36 bits per heavy atom. The Morgan fingerprint density at radius 1 is 1.00 bits per heavy atom. The summed E-state index contributed by atoms with van der Waals surface area (Å²) in [6, 6.07) is 10.4. The molecule has 13 nitrogen and oxygen atoms in total. The maximum Gasteiger partial charge on any atom is 0.410 e. The van der Waals surface area contributed by atoms with Crippen LogP contribution in [-0.4, -0.2) is 62.8 Å². The predicted octanol–water partition coefficient (Wildman–Crippen LogP) is 4.28. The van der Waals surface area contributed by atoms with E-state index >= 15 is 0 Å². The third kappa shape index (κ3) is 5.40. The highest BCUT2D eigenvalue weighted by molar-refractivity contribution is 5.73. The third-order valence-electron chi connectivity index (χ3n) is 5.43. The molecule has 1 aromatic heterocycles. The van der Waals surface area contributed by atoms with Crippen LogP contribution in [0.3, 0.4) is 0 Å². The molecule has 0 N–H and O–H groups in total. The number of carbonyl (C=O) groups is 1. The lowest BCUT2D eigenvalue weighted by Crippen LogP contribution is -2.50. The van der Waals surface area contributed by atoms with Gasteiger partial charge < -0.3 is 19.1 Å². The van der Waals surface area contributed by atoms with Gasteiger partial charge in [0.05, 0.1) is 9.85 Å². The fraction of sp³-hybridized carbons (Fsp3) is 0.348. The Morgan fingerprint density at radius 2 is 1.72 bits per heavy atom. The zero-order valence-electron chi connectivity index (χ0n) is 19.9. The van der Waals surface area contributed by atoms with Crippen LogP contribution in [0.2, 0.25) is 0 Å². The van der Waals surface area contributed by atoms with Gasteiger partial charge in [-0.15, -0.1) is 0 Å². The lowest BCUT2D eigenvalue weighted by molar-refractivity contribution is -0.384. The summed E-state index contributed by atoms with van der Waals surface area (Å²) >= 11 is 0. The molecule has 1 aliphatic rings. The predicted molar refractivity (Wildman–Crippen MR) is 128 cm³/mol. The van der Waals surface area contributed by atoms with Crippen LogP contribution in [0.5, 0.6) is 0 Å². The zero-order valence-corrected chi connectivity index (χ0v) is 19.9. The van der Waals surface area contributed by atoms with E-state index in [1.54, 1.807) is 43.9 Å². The summed E-state index contributed by atoms with van der Waals surface area (Å²) < 4.78 is 10.7. The molecule has 4 rings (SSSR count). The van der Waals surface area contributed by atoms with Crippen molar-refractivity contribution in [1.29, 1.82) is 0 Å². The van der Waals surface area contributed by atoms with Gasteiger partial charge in [0, 0.05) is 55.5 Å². The molecule has 0 atom stereocenters. The van der Waals surface area contributed by atoms with Crippen molar-refractivity contribution in [3.05, 3.63) is 62.7 Å². The van der Waals surface area contributed by atoms with Crippen molar-refractivity contribution in [2.75, 3.05) is 31.1 Å². The summed E-state index contributed by atoms with van der Waals surface area (Å²) in [4.78, 5) is 41.9. The van der Waals surface area contributed by atoms with Crippen molar-refractivity contribution in [3.8, 4) is 22.8 Å². The summed E-state index contributed by atoms with van der Waals surface area (Å²) in [6.07, 6.45) is -0.414. The number of nitro groups is 2. The number of hydrogen-bond donors (Lipinski definition) is 0. The number of carbonyl (C=O) groups excluding carboxylic acids is 1. The normalized spacial score (nSPS) is 14.0. The van der Waals surface area contributed by atoms with E-state index in [4.69, 9.17) is 9.26 Å². The van der Waals surface area contributed by atoms with Crippen LogP contribution in [0.1, 0.15) is 20.8 Å². The van der Waals surface area contributed by atoms with Crippen LogP contribution in [-0.2, 0) is 4.74 Å². The lowest BCUT2D eigenvalue weighted by Gasteiger charge is -2.36. The zero-order chi connectivity index (χ0) is 26.0. The monoisotopic (exact) mass is 496 g/mol. The molecule has 2 aromatic carbocycles. The van der Waals surface area contributed by atoms with E-state index in [0.29, 0.717) is 43.0 Å². The van der Waals surface area contributed by atoms with Gasteiger partial charge in [0.2, 0.25) is 5.82 Å². The molecule has 3 aromatic rings. The standard InChI is InChI=1S/C23H24N6O7/c1-23(2,3)35-22(30)27-11-9-26(10-12-27)18-8-7-16(14-19(18)29(33)34)21-24-20(25-36-21)15-5-4-6-17(13-15)28(31)32/h4-8,13-14H,9-12H2,1-3H3. The van der Waals surface area contributed by atoms with Gasteiger partial charge in [-0.3, -0.25) is 20.2 Å². The molecule has 36 heavy (non-hydrogen) atoms. The van der Waals surface area contributed by atoms with Crippen molar-refractivity contribution in [1.82, 2.24) is 15.0 Å². The van der Waals surface area contributed by atoms with E-state index in [0.717, 1.165) is 0 Å². The van der Waals surface area contributed by atoms with Gasteiger partial charge in [0.1, 0.15) is 11.3 Å². The maximum atomic E-state index is 12.3. The van der Waals surface area contributed by atoms with Gasteiger partial charge in [0.25, 0.3) is 17.3 Å². The quantitative estimate of drug-likeness (QED) is 0.369. The average Bonchev–Trinajstić information content (AvgIpc) is 3.33. The van der Waals surface area contributed by atoms with Crippen LogP contribution >= 0.6 is 0 Å². The first kappa shape index (κ1) is 24.6. The first-order valence-electron chi connectivity index (χ1n) is 11.1. The Hall–Kier alpha value is -4.55. The van der Waals surface area contributed by atoms with Crippen LogP contribution in [0, 0.1) is 20.2 Å². The molecule has 0 aliphatic carbocycles. The van der Waals surface area contributed by atoms with Crippen molar-refractivity contribution < 1.29 is 23.9 Å². The molecule has 0 unspecified atom stereocenters. The van der Waals surface area contributed by atoms with Crippen LogP contribution < -0.4 is 4.90 Å². The highest BCUT2D eigenvalue weighted by atomic mass is 16.6. The first-order valence-corrected chi connectivity index (χ1v) is 11.1. The van der Waals surface area contributed by atoms with E-state index in [1.165, 1.54) is 24.3 Å². The molecule has 1 saturated heterocycles. The largest absolute Gasteiger partial charge is 0.444 e. The number of nitrogens with zero attached hydrogens (tertiary/aromatic N) is 6. The van der Waals surface area contributed by atoms with Gasteiger partial charge >= 0.3 is 6.09 Å². The summed E-state index contributed by atoms with van der Waals surface area (Å²) in [5.41, 5.74) is 0.257. The van der Waals surface area contributed by atoms with Gasteiger partial charge in [-0.2, -0.15) is 4.98 Å². The number of aromatic nitrogens is 2. The van der Waals surface area contributed by atoms with Crippen molar-refractivity contribution in [2.45, 2.75) is 26.4 Å². The maximum absolute atomic E-state index is 12.3. The minimum atomic E-state index is -0.604. The van der Waals surface area contributed by atoms with E-state index in [-0.39, 0.29) is 23.1 Å². The van der Waals surface area contributed by atoms with Gasteiger partial charge in [-0.25, -0.2) is 4.79 Å². The molecule has 0 saturated carbocycles. The van der Waals surface area contributed by atoms with Crippen LogP contribution in [0.4, 0.5) is 21.9 Å². The number of anilines is 1. The fourth-order valence-electron chi connectivity index (χ4n) is 3.74. The highest BCUT2D eigenvalue weighted by Crippen LogP contribution is 2.34. The van der Waals surface area contributed by atoms with Crippen molar-refractivity contribution in [2.24, 2.45) is 0 Å². The molecular weight excluding hydrogens is 472 g/mol. The van der Waals surface area contributed by atoms with Crippen LogP contribution in [0.25, 0.3) is 22.8 Å². The second-order valence-electron chi connectivity index (χ2n) is 9.15. The smallest absolute Gasteiger partial charge is 0.410 e. The number of piperazine rings is 1. The van der Waals surface area contributed by atoms with E-state index in [2.05, 4.69) is 10.1 Å². The highest BCUT2D eigenvalue weighted by Gasteiger charge is 2.29. The Labute approximate surface area is 205 Å². The fourth-order valence-corrected chi connectivity index (χ4v) is 3.74. The summed E-state index contributed by atoms with van der Waals surface area (Å²) in [6.45, 7) is 6.91. The average molecular weight is 496 g/mol. The Balaban J connectivity index is 1.53. The number of benzene rings is 2. The number of ether oxygens (including phenoxy) is 1. The molecule has 2 heterocycles. The molecule has 1 amide bonds. The van der Waals surface area contributed by atoms with Gasteiger partial charge in [-0.1, -0.05) is 17.3 Å². The molecule has 13 heteroatoms. The molecule has 188 valence electrons. The molecule has 0 radical (unpaired) electrons. The minimum absolute atomic E-state index is 0.0425. The van der Waals surface area contributed by atoms with E-state index in [9.17, 15) is 25.0 Å². The van der Waals surface area contributed by atoms with Crippen molar-refractivity contribution in [3.63, 3.8) is 0 Å². The summed E-state index contributed by atoms with van der Waals surface area (Å²) in [5.74, 6) is 0.166. The van der Waals surface area contributed by atoms with Crippen LogP contribution in [0.15, 0.2) is 47.0 Å². The minimum Gasteiger partial charge on any atom is -0.444 e. The summed E-state index contributed by atoms with van der Waals surface area (Å²) in [7, 11) is 0. The molecule has 0 spiro atoms. The Bertz CT molecular complexity index is 1310. The topological polar surface area (TPSA) is 158 Å². The van der Waals surface area contributed by atoms with Gasteiger partial charge in [-0.05, 0) is 32.9 Å². The molecule has 1 aliphatic heterocycles. The second kappa shape index (κ2) is 9.60. The number of amides is 1. The second-order valence-corrected chi connectivity index (χ2v) is 9.15. The number of non-ortho nitro benzene ring substituents is 1. The number of hydrogen-bond acceptors (Lipinski definition) is 10. The first-order chi connectivity index (χ1) is 17.0. The lowest BCUT2D eigenvalue weighted by atomic mass is 10.1. The Kier molecular flexibility index (Phi) is 6.55. The van der Waals surface area contributed by atoms with E-state index in [1.807, 2.05) is 4.90 Å². The van der Waals surface area contributed by atoms with E-state index < -0.39 is 21.5 Å². The molecule has 0 bridgehead atoms.